The number of phenols is 1. The minimum Gasteiger partial charge on any atom is -0.508 e. The summed E-state index contributed by atoms with van der Waals surface area (Å²) in [4.78, 5) is 0. The van der Waals surface area contributed by atoms with Crippen LogP contribution in [0.1, 0.15) is 44.2 Å². The molecule has 1 aromatic rings. The molecule has 2 rings (SSSR count). The van der Waals surface area contributed by atoms with Gasteiger partial charge in [-0.15, -0.1) is 0 Å². The van der Waals surface area contributed by atoms with Gasteiger partial charge in [-0.1, -0.05) is 12.5 Å². The van der Waals surface area contributed by atoms with Crippen molar-refractivity contribution in [3.8, 4) is 11.5 Å². The van der Waals surface area contributed by atoms with E-state index < -0.39 is 0 Å². The number of ether oxygens (including phenoxy) is 1. The van der Waals surface area contributed by atoms with Crippen molar-refractivity contribution in [1.29, 1.82) is 0 Å². The van der Waals surface area contributed by atoms with Crippen molar-refractivity contribution in [3.63, 3.8) is 0 Å². The highest BCUT2D eigenvalue weighted by Crippen LogP contribution is 2.39. The Hall–Kier alpha value is -1.44. The van der Waals surface area contributed by atoms with Crippen molar-refractivity contribution in [1.82, 2.24) is 0 Å². The third-order valence-electron chi connectivity index (χ3n) is 3.24. The Bertz CT molecular complexity index is 456. The van der Waals surface area contributed by atoms with Gasteiger partial charge in [0.25, 0.3) is 0 Å². The first-order chi connectivity index (χ1) is 7.97. The standard InChI is InChI=1S/C15H20O2/c1-9(2)5-12-6-10(3)13-8-14(16)11(4)7-15(13)17-12/h5,7-8,10,12,16H,6H2,1-4H3/t10-,12+/m1/s1. The summed E-state index contributed by atoms with van der Waals surface area (Å²) >= 11 is 0. The Labute approximate surface area is 103 Å². The number of aryl methyl sites for hydroxylation is 1. The molecule has 0 aliphatic carbocycles. The van der Waals surface area contributed by atoms with Crippen LogP contribution < -0.4 is 4.74 Å². The van der Waals surface area contributed by atoms with Gasteiger partial charge in [-0.05, 0) is 56.9 Å². The summed E-state index contributed by atoms with van der Waals surface area (Å²) < 4.78 is 5.96. The van der Waals surface area contributed by atoms with Gasteiger partial charge in [-0.3, -0.25) is 0 Å². The largest absolute Gasteiger partial charge is 0.508 e. The monoisotopic (exact) mass is 232 g/mol. The van der Waals surface area contributed by atoms with E-state index in [1.807, 2.05) is 19.1 Å². The number of benzene rings is 1. The molecule has 2 atom stereocenters. The van der Waals surface area contributed by atoms with Crippen LogP contribution in [-0.2, 0) is 0 Å². The normalized spacial score (nSPS) is 22.6. The van der Waals surface area contributed by atoms with Crippen LogP contribution in [0.4, 0.5) is 0 Å². The molecule has 0 radical (unpaired) electrons. The molecular weight excluding hydrogens is 212 g/mol. The number of hydrogen-bond donors (Lipinski definition) is 1. The number of hydrogen-bond acceptors (Lipinski definition) is 2. The van der Waals surface area contributed by atoms with Gasteiger partial charge >= 0.3 is 0 Å². The lowest BCUT2D eigenvalue weighted by Crippen LogP contribution is -2.23. The van der Waals surface area contributed by atoms with Gasteiger partial charge in [-0.2, -0.15) is 0 Å². The van der Waals surface area contributed by atoms with Crippen LogP contribution >= 0.6 is 0 Å². The lowest BCUT2D eigenvalue weighted by Gasteiger charge is -2.29. The molecule has 0 bridgehead atoms. The zero-order valence-corrected chi connectivity index (χ0v) is 10.9. The molecule has 92 valence electrons. The molecule has 1 aliphatic rings. The summed E-state index contributed by atoms with van der Waals surface area (Å²) in [5.74, 6) is 1.70. The maximum atomic E-state index is 9.74. The van der Waals surface area contributed by atoms with Crippen LogP contribution in [0, 0.1) is 6.92 Å². The highest BCUT2D eigenvalue weighted by Gasteiger charge is 2.25. The number of aromatic hydroxyl groups is 1. The quantitative estimate of drug-likeness (QED) is 0.744. The minimum absolute atomic E-state index is 0.159. The van der Waals surface area contributed by atoms with Gasteiger partial charge in [0.05, 0.1) is 0 Å². The lowest BCUT2D eigenvalue weighted by atomic mass is 9.90. The highest BCUT2D eigenvalue weighted by molar-refractivity contribution is 5.48. The Morgan fingerprint density at radius 2 is 2.12 bits per heavy atom. The van der Waals surface area contributed by atoms with Crippen LogP contribution in [0.3, 0.4) is 0 Å². The summed E-state index contributed by atoms with van der Waals surface area (Å²) in [6, 6.07) is 3.78. The zero-order valence-electron chi connectivity index (χ0n) is 10.9. The molecule has 1 aromatic carbocycles. The van der Waals surface area contributed by atoms with Gasteiger partial charge < -0.3 is 9.84 Å². The molecule has 1 aliphatic heterocycles. The van der Waals surface area contributed by atoms with Gasteiger partial charge in [0.2, 0.25) is 0 Å². The topological polar surface area (TPSA) is 29.5 Å². The SMILES string of the molecule is CC(C)=C[C@H]1C[C@@H](C)c2cc(O)c(C)cc2O1. The summed E-state index contributed by atoms with van der Waals surface area (Å²) in [6.07, 6.45) is 3.30. The van der Waals surface area contributed by atoms with Gasteiger partial charge in [0, 0.05) is 5.56 Å². The van der Waals surface area contributed by atoms with Crippen LogP contribution in [0.15, 0.2) is 23.8 Å². The van der Waals surface area contributed by atoms with E-state index in [9.17, 15) is 5.11 Å². The van der Waals surface area contributed by atoms with Crippen molar-refractivity contribution >= 4 is 0 Å². The highest BCUT2D eigenvalue weighted by atomic mass is 16.5. The summed E-state index contributed by atoms with van der Waals surface area (Å²) in [5, 5.41) is 9.74. The average Bonchev–Trinajstić information content (AvgIpc) is 2.20. The molecule has 2 heteroatoms. The Kier molecular flexibility index (Phi) is 3.14. The molecule has 0 aromatic heterocycles. The Morgan fingerprint density at radius 1 is 1.41 bits per heavy atom. The number of rotatable bonds is 1. The lowest BCUT2D eigenvalue weighted by molar-refractivity contribution is 0.203. The van der Waals surface area contributed by atoms with Crippen LogP contribution in [0.5, 0.6) is 11.5 Å². The molecule has 0 unspecified atom stereocenters. The van der Waals surface area contributed by atoms with Gasteiger partial charge in [0.15, 0.2) is 0 Å². The second kappa shape index (κ2) is 4.44. The van der Waals surface area contributed by atoms with Crippen LogP contribution in [0.2, 0.25) is 0 Å². The fraction of sp³-hybridized carbons (Fsp3) is 0.467. The average molecular weight is 232 g/mol. The summed E-state index contributed by atoms with van der Waals surface area (Å²) in [7, 11) is 0. The molecule has 0 saturated carbocycles. The van der Waals surface area contributed by atoms with E-state index >= 15 is 0 Å². The van der Waals surface area contributed by atoms with E-state index in [0.717, 1.165) is 23.3 Å². The van der Waals surface area contributed by atoms with E-state index in [-0.39, 0.29) is 6.10 Å². The molecule has 17 heavy (non-hydrogen) atoms. The third-order valence-corrected chi connectivity index (χ3v) is 3.24. The number of phenolic OH excluding ortho intramolecular Hbond substituents is 1. The Morgan fingerprint density at radius 3 is 2.76 bits per heavy atom. The second-order valence-electron chi connectivity index (χ2n) is 5.21. The van der Waals surface area contributed by atoms with Gasteiger partial charge in [0.1, 0.15) is 17.6 Å². The van der Waals surface area contributed by atoms with Crippen molar-refractivity contribution in [3.05, 3.63) is 34.9 Å². The summed E-state index contributed by atoms with van der Waals surface area (Å²) in [5.41, 5.74) is 3.27. The van der Waals surface area contributed by atoms with Crippen molar-refractivity contribution in [2.75, 3.05) is 0 Å². The molecule has 0 amide bonds. The van der Waals surface area contributed by atoms with E-state index in [4.69, 9.17) is 4.74 Å². The van der Waals surface area contributed by atoms with Crippen molar-refractivity contribution in [2.45, 2.75) is 46.1 Å². The molecule has 0 fully saturated rings. The molecule has 2 nitrogen and oxygen atoms in total. The third kappa shape index (κ3) is 2.46. The predicted octanol–water partition coefficient (Wildman–Crippen LogP) is 3.92. The van der Waals surface area contributed by atoms with Gasteiger partial charge in [-0.25, -0.2) is 0 Å². The van der Waals surface area contributed by atoms with E-state index in [1.165, 1.54) is 5.57 Å². The zero-order chi connectivity index (χ0) is 12.6. The second-order valence-corrected chi connectivity index (χ2v) is 5.21. The van der Waals surface area contributed by atoms with Crippen molar-refractivity contribution in [2.24, 2.45) is 0 Å². The predicted molar refractivity (Wildman–Crippen MR) is 69.7 cm³/mol. The van der Waals surface area contributed by atoms with Crippen LogP contribution in [-0.4, -0.2) is 11.2 Å². The first kappa shape index (κ1) is 12.0. The molecule has 1 N–H and O–H groups in total. The molecular formula is C15H20O2. The smallest absolute Gasteiger partial charge is 0.124 e. The van der Waals surface area contributed by atoms with E-state index in [2.05, 4.69) is 26.8 Å². The van der Waals surface area contributed by atoms with E-state index in [1.54, 1.807) is 0 Å². The first-order valence-corrected chi connectivity index (χ1v) is 6.12. The molecule has 1 heterocycles. The van der Waals surface area contributed by atoms with Crippen molar-refractivity contribution < 1.29 is 9.84 Å². The summed E-state index contributed by atoms with van der Waals surface area (Å²) in [6.45, 7) is 8.26. The fourth-order valence-electron chi connectivity index (χ4n) is 2.33. The maximum absolute atomic E-state index is 9.74. The fourth-order valence-corrected chi connectivity index (χ4v) is 2.33. The first-order valence-electron chi connectivity index (χ1n) is 6.12. The van der Waals surface area contributed by atoms with E-state index in [0.29, 0.717) is 11.7 Å². The number of allylic oxidation sites excluding steroid dienone is 1. The Balaban J connectivity index is 2.36. The minimum atomic E-state index is 0.159. The molecule has 0 spiro atoms. The molecule has 0 saturated heterocycles. The van der Waals surface area contributed by atoms with Crippen LogP contribution in [0.25, 0.3) is 0 Å². The maximum Gasteiger partial charge on any atom is 0.124 e. The number of fused-ring (bicyclic) bond motifs is 1.